The predicted octanol–water partition coefficient (Wildman–Crippen LogP) is 12.2. The first-order valence-corrected chi connectivity index (χ1v) is 24.9. The Bertz CT molecular complexity index is 1910. The van der Waals surface area contributed by atoms with Gasteiger partial charge in [-0.15, -0.1) is 22.2 Å². The molecule has 0 aliphatic rings. The second-order valence-electron chi connectivity index (χ2n) is 16.0. The first-order valence-electron chi connectivity index (χ1n) is 20.4. The third-order valence-electron chi connectivity index (χ3n) is 10.9. The molecule has 0 heterocycles. The van der Waals surface area contributed by atoms with Crippen molar-refractivity contribution in [3.8, 4) is 0 Å². The van der Waals surface area contributed by atoms with Gasteiger partial charge in [0, 0.05) is 0 Å². The molecule has 4 rings (SSSR count). The van der Waals surface area contributed by atoms with Gasteiger partial charge in [0.25, 0.3) is 6.69 Å². The SMILES string of the molecule is CCCC[NH+](CCCC)CCCC.C[Si](Cl)(Cl)c1ccc([B-](c2cc(C(F)(F)F)cc(C(F)(F)F)c2)(c2cc(C(F)(F)F)cc(C(F)(F)F)c2)c2cc(C(F)(F)F)cc(C(F)(F)F)c2)cc1. The van der Waals surface area contributed by atoms with E-state index in [1.807, 2.05) is 4.90 Å². The predicted molar refractivity (Wildman–Crippen MR) is 223 cm³/mol. The molecule has 368 valence electrons. The molecule has 0 radical (unpaired) electrons. The Labute approximate surface area is 379 Å². The van der Waals surface area contributed by atoms with Crippen molar-refractivity contribution in [2.24, 2.45) is 0 Å². The van der Waals surface area contributed by atoms with Crippen LogP contribution in [0.3, 0.4) is 0 Å². The summed E-state index contributed by atoms with van der Waals surface area (Å²) in [4.78, 5) is 1.84. The zero-order valence-electron chi connectivity index (χ0n) is 35.5. The largest absolute Gasteiger partial charge is 0.416 e. The quantitative estimate of drug-likeness (QED) is 0.0729. The van der Waals surface area contributed by atoms with Crippen LogP contribution >= 0.6 is 22.2 Å². The molecule has 0 amide bonds. The van der Waals surface area contributed by atoms with Crippen LogP contribution < -0.4 is 31.9 Å². The van der Waals surface area contributed by atoms with E-state index in [0.29, 0.717) is 12.1 Å². The lowest BCUT2D eigenvalue weighted by Crippen LogP contribution is -3.12. The van der Waals surface area contributed by atoms with E-state index >= 15 is 0 Å². The molecule has 4 aromatic carbocycles. The van der Waals surface area contributed by atoms with Gasteiger partial charge in [-0.3, -0.25) is 0 Å². The van der Waals surface area contributed by atoms with Gasteiger partial charge >= 0.3 is 37.1 Å². The molecule has 0 saturated carbocycles. The summed E-state index contributed by atoms with van der Waals surface area (Å²) in [6.45, 7) is 8.81. The molecule has 0 spiro atoms. The van der Waals surface area contributed by atoms with Gasteiger partial charge in [0.1, 0.15) is 6.15 Å². The summed E-state index contributed by atoms with van der Waals surface area (Å²) in [5.74, 6) is 0. The van der Waals surface area contributed by atoms with Crippen LogP contribution in [0.5, 0.6) is 0 Å². The minimum atomic E-state index is -5.78. The third kappa shape index (κ3) is 14.7. The summed E-state index contributed by atoms with van der Waals surface area (Å²) in [5.41, 5.74) is -19.1. The van der Waals surface area contributed by atoms with Crippen molar-refractivity contribution in [3.63, 3.8) is 0 Å². The van der Waals surface area contributed by atoms with E-state index in [1.54, 1.807) is 0 Å². The number of hydrogen-bond acceptors (Lipinski definition) is 0. The number of unbranched alkanes of at least 4 members (excludes halogenated alkanes) is 3. The smallest absolute Gasteiger partial charge is 0.335 e. The Morgan fingerprint density at radius 2 is 0.621 bits per heavy atom. The number of alkyl halides is 18. The highest BCUT2D eigenvalue weighted by atomic mass is 35.7. The van der Waals surface area contributed by atoms with Gasteiger partial charge in [-0.05, 0) is 49.2 Å². The van der Waals surface area contributed by atoms with Crippen molar-refractivity contribution in [2.45, 2.75) is 103 Å². The molecule has 0 aliphatic carbocycles. The van der Waals surface area contributed by atoms with Crippen molar-refractivity contribution >= 4 is 62.0 Å². The van der Waals surface area contributed by atoms with Crippen molar-refractivity contribution in [1.29, 1.82) is 0 Å². The lowest BCUT2D eigenvalue weighted by molar-refractivity contribution is -0.900. The molecule has 66 heavy (non-hydrogen) atoms. The van der Waals surface area contributed by atoms with Crippen LogP contribution in [0.2, 0.25) is 6.55 Å². The van der Waals surface area contributed by atoms with E-state index in [1.165, 1.54) is 64.7 Å². The fourth-order valence-electron chi connectivity index (χ4n) is 7.56. The van der Waals surface area contributed by atoms with Crippen LogP contribution in [-0.4, -0.2) is 32.5 Å². The van der Waals surface area contributed by atoms with Gasteiger partial charge in [-0.2, -0.15) is 101 Å². The molecule has 4 aromatic rings. The Kier molecular flexibility index (Phi) is 18.4. The van der Waals surface area contributed by atoms with Gasteiger partial charge < -0.3 is 4.90 Å². The fraction of sp³-hybridized carbons (Fsp3) is 0.442. The highest BCUT2D eigenvalue weighted by Gasteiger charge is 2.45. The summed E-state index contributed by atoms with van der Waals surface area (Å²) in [7, 11) is 0. The average Bonchev–Trinajstić information content (AvgIpc) is 3.19. The number of benzene rings is 4. The van der Waals surface area contributed by atoms with E-state index in [4.69, 9.17) is 22.2 Å². The maximum atomic E-state index is 14.2. The molecule has 0 aromatic heterocycles. The number of hydrogen-bond donors (Lipinski definition) is 1. The van der Waals surface area contributed by atoms with E-state index in [0.717, 1.165) is 12.1 Å². The van der Waals surface area contributed by atoms with Crippen LogP contribution in [-0.2, 0) is 37.1 Å². The van der Waals surface area contributed by atoms with E-state index in [9.17, 15) is 79.0 Å². The maximum Gasteiger partial charge on any atom is 0.416 e. The first-order chi connectivity index (χ1) is 30.0. The highest BCUT2D eigenvalue weighted by Crippen LogP contribution is 2.39. The second kappa shape index (κ2) is 21.4. The lowest BCUT2D eigenvalue weighted by atomic mass is 9.12. The minimum Gasteiger partial charge on any atom is -0.335 e. The van der Waals surface area contributed by atoms with Crippen molar-refractivity contribution in [2.75, 3.05) is 19.6 Å². The Morgan fingerprint density at radius 1 is 0.394 bits per heavy atom. The second-order valence-corrected chi connectivity index (χ2v) is 23.4. The average molecular weight is 1030 g/mol. The van der Waals surface area contributed by atoms with Crippen molar-refractivity contribution < 1.29 is 83.9 Å². The van der Waals surface area contributed by atoms with Crippen molar-refractivity contribution in [3.05, 3.63) is 112 Å². The first kappa shape index (κ1) is 56.8. The van der Waals surface area contributed by atoms with Crippen LogP contribution in [0.1, 0.15) is 92.7 Å². The molecular formula is C43H44BCl2F18NSi. The Hall–Kier alpha value is -3.56. The van der Waals surface area contributed by atoms with Gasteiger partial charge in [-0.25, -0.2) is 0 Å². The maximum absolute atomic E-state index is 14.2. The fourth-order valence-corrected chi connectivity index (χ4v) is 9.07. The lowest BCUT2D eigenvalue weighted by Gasteiger charge is -2.46. The van der Waals surface area contributed by atoms with Gasteiger partial charge in [0.2, 0.25) is 0 Å². The molecule has 1 N–H and O–H groups in total. The molecule has 0 saturated heterocycles. The Balaban J connectivity index is 0.000000771. The van der Waals surface area contributed by atoms with Crippen molar-refractivity contribution in [1.82, 2.24) is 0 Å². The summed E-state index contributed by atoms with van der Waals surface area (Å²) in [6.07, 6.45) is -31.2. The summed E-state index contributed by atoms with van der Waals surface area (Å²) >= 11 is 12.3. The molecule has 23 heteroatoms. The summed E-state index contributed by atoms with van der Waals surface area (Å²) in [5, 5.41) is -0.0469. The van der Waals surface area contributed by atoms with Crippen LogP contribution in [0.25, 0.3) is 0 Å². The van der Waals surface area contributed by atoms with E-state index in [-0.39, 0.29) is 41.6 Å². The molecule has 0 bridgehead atoms. The van der Waals surface area contributed by atoms with Crippen LogP contribution in [0, 0.1) is 0 Å². The van der Waals surface area contributed by atoms with E-state index in [2.05, 4.69) is 20.8 Å². The van der Waals surface area contributed by atoms with Gasteiger partial charge in [0.15, 0.2) is 0 Å². The zero-order chi connectivity index (χ0) is 50.5. The molecule has 1 nitrogen and oxygen atoms in total. The topological polar surface area (TPSA) is 4.44 Å². The minimum absolute atomic E-state index is 0.0469. The van der Waals surface area contributed by atoms with Crippen LogP contribution in [0.15, 0.2) is 78.9 Å². The zero-order valence-corrected chi connectivity index (χ0v) is 38.0. The molecule has 0 unspecified atom stereocenters. The van der Waals surface area contributed by atoms with Gasteiger partial charge in [-0.1, -0.05) is 101 Å². The third-order valence-corrected chi connectivity index (χ3v) is 13.6. The molecule has 0 fully saturated rings. The van der Waals surface area contributed by atoms with E-state index < -0.39 is 123 Å². The highest BCUT2D eigenvalue weighted by molar-refractivity contribution is 7.50. The van der Waals surface area contributed by atoms with Crippen LogP contribution in [0.4, 0.5) is 79.0 Å². The number of nitrogens with one attached hydrogen (secondary N) is 1. The molecule has 0 atom stereocenters. The molecule has 0 aliphatic heterocycles. The summed E-state index contributed by atoms with van der Waals surface area (Å²) in [6, 6.07) is 0.360. The summed E-state index contributed by atoms with van der Waals surface area (Å²) < 4.78 is 256. The van der Waals surface area contributed by atoms with Gasteiger partial charge in [0.05, 0.1) is 53.0 Å². The normalized spacial score (nSPS) is 13.5. The monoisotopic (exact) mass is 1030 g/mol. The number of halogens is 20. The standard InChI is InChI=1S/C31H16BCl2F18Si.C12H27N/c1-53(33,34)25-4-2-21(3-5-25)32(22-9-15(26(35,36)37)6-16(10-22)27(38,39)40,23-11-17(28(41,42)43)7-18(12-23)29(44,45)46)24-13-19(30(47,48)49)8-20(14-24)31(50,51)52;1-4-7-10-13(11-8-5-2)12-9-6-3/h2-14H,1H3;4-12H2,1-3H3/q-1;/p+1. The Morgan fingerprint density at radius 3 is 0.803 bits per heavy atom. The molecular weight excluding hydrogens is 982 g/mol. The number of quaternary nitrogens is 1. The number of rotatable bonds is 14.